The van der Waals surface area contributed by atoms with E-state index in [1.807, 2.05) is 0 Å². The Balaban J connectivity index is 1.37. The predicted molar refractivity (Wildman–Crippen MR) is 112 cm³/mol. The summed E-state index contributed by atoms with van der Waals surface area (Å²) < 4.78 is 10.6. The van der Waals surface area contributed by atoms with Crippen molar-refractivity contribution >= 4 is 46.5 Å². The third kappa shape index (κ3) is 4.53. The number of imide groups is 1. The van der Waals surface area contributed by atoms with Crippen LogP contribution in [-0.4, -0.2) is 46.4 Å². The number of carboxylic acid groups (broad SMARTS) is 1. The third-order valence-corrected chi connectivity index (χ3v) is 5.43. The number of fused-ring (bicyclic) bond motifs is 1. The molecule has 4 rings (SSSR count). The van der Waals surface area contributed by atoms with Crippen LogP contribution in [0.4, 0.5) is 10.5 Å². The summed E-state index contributed by atoms with van der Waals surface area (Å²) in [5.41, 5.74) is 1.05. The minimum atomic E-state index is -1.11. The summed E-state index contributed by atoms with van der Waals surface area (Å²) in [7, 11) is 0. The molecule has 0 unspecified atom stereocenters. The highest BCUT2D eigenvalue weighted by Crippen LogP contribution is 2.36. The van der Waals surface area contributed by atoms with Crippen molar-refractivity contribution in [3.63, 3.8) is 0 Å². The van der Waals surface area contributed by atoms with Gasteiger partial charge in [0.05, 0.1) is 10.5 Å². The second-order valence-corrected chi connectivity index (χ2v) is 7.62. The summed E-state index contributed by atoms with van der Waals surface area (Å²) in [4.78, 5) is 49.3. The van der Waals surface area contributed by atoms with Crippen LogP contribution in [0.1, 0.15) is 22.3 Å². The number of hydrogen-bond donors (Lipinski definition) is 2. The average Bonchev–Trinajstić information content (AvgIpc) is 3.31. The van der Waals surface area contributed by atoms with E-state index in [2.05, 4.69) is 5.32 Å². The lowest BCUT2D eigenvalue weighted by Gasteiger charge is -2.12. The average molecular weight is 440 g/mol. The molecule has 0 radical (unpaired) electrons. The highest BCUT2D eigenvalue weighted by Gasteiger charge is 2.35. The van der Waals surface area contributed by atoms with E-state index in [0.717, 1.165) is 16.7 Å². The van der Waals surface area contributed by atoms with Gasteiger partial charge in [0.1, 0.15) is 0 Å². The van der Waals surface area contributed by atoms with Crippen LogP contribution in [0.2, 0.25) is 0 Å². The van der Waals surface area contributed by atoms with Gasteiger partial charge in [0.2, 0.25) is 12.7 Å². The SMILES string of the molecule is O=C(CCN1C(=O)S/C(=C\c2ccc3c(c2)OCO3)C1=O)Nc1cccc(C(=O)O)c1. The van der Waals surface area contributed by atoms with Gasteiger partial charge in [0, 0.05) is 18.7 Å². The number of hydrogen-bond acceptors (Lipinski definition) is 7. The Morgan fingerprint density at radius 1 is 1.13 bits per heavy atom. The van der Waals surface area contributed by atoms with Crippen molar-refractivity contribution in [1.29, 1.82) is 0 Å². The van der Waals surface area contributed by atoms with Gasteiger partial charge in [-0.05, 0) is 53.7 Å². The maximum Gasteiger partial charge on any atom is 0.335 e. The van der Waals surface area contributed by atoms with E-state index in [9.17, 15) is 19.2 Å². The number of amides is 3. The number of carboxylic acids is 1. The highest BCUT2D eigenvalue weighted by atomic mass is 32.2. The van der Waals surface area contributed by atoms with Gasteiger partial charge in [-0.2, -0.15) is 0 Å². The van der Waals surface area contributed by atoms with Crippen molar-refractivity contribution in [2.75, 3.05) is 18.7 Å². The van der Waals surface area contributed by atoms with Gasteiger partial charge in [-0.3, -0.25) is 19.3 Å². The molecular formula is C21H16N2O7S. The first-order chi connectivity index (χ1) is 14.9. The molecule has 1 fully saturated rings. The lowest BCUT2D eigenvalue weighted by atomic mass is 10.2. The first-order valence-corrected chi connectivity index (χ1v) is 10.0. The molecule has 2 aromatic carbocycles. The largest absolute Gasteiger partial charge is 0.478 e. The molecule has 0 spiro atoms. The molecule has 158 valence electrons. The molecule has 1 saturated heterocycles. The summed E-state index contributed by atoms with van der Waals surface area (Å²) in [5, 5.41) is 11.1. The molecule has 2 aromatic rings. The van der Waals surface area contributed by atoms with Crippen molar-refractivity contribution in [2.24, 2.45) is 0 Å². The predicted octanol–water partition coefficient (Wildman–Crippen LogP) is 3.18. The zero-order valence-electron chi connectivity index (χ0n) is 16.0. The molecule has 10 heteroatoms. The van der Waals surface area contributed by atoms with Gasteiger partial charge in [0.15, 0.2) is 11.5 Å². The van der Waals surface area contributed by atoms with Crippen LogP contribution in [0.25, 0.3) is 6.08 Å². The molecule has 3 amide bonds. The number of nitrogens with one attached hydrogen (secondary N) is 1. The van der Waals surface area contributed by atoms with Crippen LogP contribution >= 0.6 is 11.8 Å². The maximum absolute atomic E-state index is 12.6. The molecular weight excluding hydrogens is 424 g/mol. The Labute approximate surface area is 180 Å². The number of rotatable bonds is 6. The minimum absolute atomic E-state index is 0.0393. The van der Waals surface area contributed by atoms with Crippen molar-refractivity contribution < 1.29 is 33.8 Å². The van der Waals surface area contributed by atoms with E-state index in [1.54, 1.807) is 30.3 Å². The Hall–Kier alpha value is -3.79. The molecule has 0 saturated carbocycles. The van der Waals surface area contributed by atoms with Crippen LogP contribution in [0, 0.1) is 0 Å². The Bertz CT molecular complexity index is 1130. The van der Waals surface area contributed by atoms with Crippen LogP contribution in [0.3, 0.4) is 0 Å². The molecule has 0 aliphatic carbocycles. The van der Waals surface area contributed by atoms with Gasteiger partial charge in [0.25, 0.3) is 11.1 Å². The van der Waals surface area contributed by atoms with E-state index in [1.165, 1.54) is 18.2 Å². The Morgan fingerprint density at radius 2 is 1.94 bits per heavy atom. The molecule has 2 N–H and O–H groups in total. The second kappa shape index (κ2) is 8.52. The fraction of sp³-hybridized carbons (Fsp3) is 0.143. The second-order valence-electron chi connectivity index (χ2n) is 6.63. The number of carbonyl (C=O) groups excluding carboxylic acids is 3. The van der Waals surface area contributed by atoms with Gasteiger partial charge in [-0.1, -0.05) is 12.1 Å². The summed E-state index contributed by atoms with van der Waals surface area (Å²) in [6.45, 7) is 0.0472. The number of ether oxygens (including phenoxy) is 2. The molecule has 31 heavy (non-hydrogen) atoms. The van der Waals surface area contributed by atoms with Crippen LogP contribution in [-0.2, 0) is 9.59 Å². The quantitative estimate of drug-likeness (QED) is 0.657. The van der Waals surface area contributed by atoms with Crippen LogP contribution in [0.5, 0.6) is 11.5 Å². The fourth-order valence-electron chi connectivity index (χ4n) is 3.01. The number of aromatic carboxylic acids is 1. The number of nitrogens with zero attached hydrogens (tertiary/aromatic N) is 1. The first-order valence-electron chi connectivity index (χ1n) is 9.19. The van der Waals surface area contributed by atoms with Crippen molar-refractivity contribution in [2.45, 2.75) is 6.42 Å². The monoisotopic (exact) mass is 440 g/mol. The third-order valence-electron chi connectivity index (χ3n) is 4.52. The minimum Gasteiger partial charge on any atom is -0.478 e. The normalized spacial score (nSPS) is 16.1. The first kappa shape index (κ1) is 20.5. The molecule has 2 aliphatic heterocycles. The number of thioether (sulfide) groups is 1. The molecule has 0 bridgehead atoms. The number of anilines is 1. The highest BCUT2D eigenvalue weighted by molar-refractivity contribution is 8.18. The summed E-state index contributed by atoms with van der Waals surface area (Å²) >= 11 is 0.800. The molecule has 2 aliphatic rings. The number of carbonyl (C=O) groups is 4. The summed E-state index contributed by atoms with van der Waals surface area (Å²) in [6.07, 6.45) is 1.47. The number of benzene rings is 2. The van der Waals surface area contributed by atoms with Crippen LogP contribution < -0.4 is 14.8 Å². The van der Waals surface area contributed by atoms with Gasteiger partial charge in [-0.15, -0.1) is 0 Å². The molecule has 9 nitrogen and oxygen atoms in total. The van der Waals surface area contributed by atoms with Gasteiger partial charge in [-0.25, -0.2) is 4.79 Å². The van der Waals surface area contributed by atoms with E-state index in [-0.39, 0.29) is 30.2 Å². The maximum atomic E-state index is 12.6. The van der Waals surface area contributed by atoms with Crippen molar-refractivity contribution in [3.05, 3.63) is 58.5 Å². The van der Waals surface area contributed by atoms with Gasteiger partial charge >= 0.3 is 5.97 Å². The van der Waals surface area contributed by atoms with Crippen molar-refractivity contribution in [1.82, 2.24) is 4.90 Å². The van der Waals surface area contributed by atoms with Gasteiger partial charge < -0.3 is 19.9 Å². The smallest absolute Gasteiger partial charge is 0.335 e. The zero-order chi connectivity index (χ0) is 22.0. The summed E-state index contributed by atoms with van der Waals surface area (Å²) in [6, 6.07) is 11.0. The van der Waals surface area contributed by atoms with Crippen molar-refractivity contribution in [3.8, 4) is 11.5 Å². The summed E-state index contributed by atoms with van der Waals surface area (Å²) in [5.74, 6) is -0.848. The Morgan fingerprint density at radius 3 is 2.74 bits per heavy atom. The zero-order valence-corrected chi connectivity index (χ0v) is 16.8. The molecule has 0 aromatic heterocycles. The fourth-order valence-corrected chi connectivity index (χ4v) is 3.88. The van der Waals surface area contributed by atoms with E-state index < -0.39 is 23.0 Å². The Kier molecular flexibility index (Phi) is 5.63. The standard InChI is InChI=1S/C21H16N2O7S/c24-18(22-14-3-1-2-13(10-14)20(26)27)6-7-23-19(25)17(31-21(23)28)9-12-4-5-15-16(8-12)30-11-29-15/h1-5,8-10H,6-7,11H2,(H,22,24)(H,26,27)/b17-9-. The van der Waals surface area contributed by atoms with E-state index >= 15 is 0 Å². The topological polar surface area (TPSA) is 122 Å². The molecule has 0 atom stereocenters. The lowest BCUT2D eigenvalue weighted by Crippen LogP contribution is -2.31. The van der Waals surface area contributed by atoms with Crippen LogP contribution in [0.15, 0.2) is 47.4 Å². The van der Waals surface area contributed by atoms with E-state index in [4.69, 9.17) is 14.6 Å². The van der Waals surface area contributed by atoms with E-state index in [0.29, 0.717) is 22.7 Å². The molecule has 2 heterocycles. The lowest BCUT2D eigenvalue weighted by molar-refractivity contribution is -0.123.